The average molecular weight is 404 g/mol. The van der Waals surface area contributed by atoms with E-state index in [1.165, 1.54) is 0 Å². The van der Waals surface area contributed by atoms with Crippen molar-refractivity contribution in [2.24, 2.45) is 0 Å². The second-order valence-corrected chi connectivity index (χ2v) is 6.64. The molecule has 7 nitrogen and oxygen atoms in total. The number of nitrogens with one attached hydrogen (secondary N) is 1. The van der Waals surface area contributed by atoms with Crippen LogP contribution in [0.25, 0.3) is 0 Å². The third-order valence-electron chi connectivity index (χ3n) is 4.40. The Morgan fingerprint density at radius 2 is 1.70 bits per heavy atom. The molecule has 30 heavy (non-hydrogen) atoms. The van der Waals surface area contributed by atoms with Crippen molar-refractivity contribution in [3.05, 3.63) is 96.1 Å². The lowest BCUT2D eigenvalue weighted by atomic mass is 10.1. The van der Waals surface area contributed by atoms with Gasteiger partial charge in [0.1, 0.15) is 23.4 Å². The Bertz CT molecular complexity index is 1020. The number of carboxylic acid groups (broad SMARTS) is 1. The van der Waals surface area contributed by atoms with Gasteiger partial charge in [-0.1, -0.05) is 30.3 Å². The third-order valence-corrected chi connectivity index (χ3v) is 4.40. The summed E-state index contributed by atoms with van der Waals surface area (Å²) in [5.74, 6) is 1.67. The number of hydroxylamine groups is 1. The quantitative estimate of drug-likeness (QED) is 0.575. The number of aromatic nitrogens is 1. The molecule has 0 saturated carbocycles. The molecule has 3 aromatic rings. The minimum Gasteiger partial charge on any atom is -0.481 e. The van der Waals surface area contributed by atoms with E-state index in [1.54, 1.807) is 18.3 Å². The molecule has 2 aromatic carbocycles. The summed E-state index contributed by atoms with van der Waals surface area (Å²) in [6.45, 7) is 0. The highest BCUT2D eigenvalue weighted by molar-refractivity contribution is 5.66. The molecule has 1 aromatic heterocycles. The van der Waals surface area contributed by atoms with Crippen LogP contribution in [0.3, 0.4) is 0 Å². The second-order valence-electron chi connectivity index (χ2n) is 6.64. The summed E-state index contributed by atoms with van der Waals surface area (Å²) < 4.78 is 11.5. The predicted molar refractivity (Wildman–Crippen MR) is 109 cm³/mol. The monoisotopic (exact) mass is 404 g/mol. The van der Waals surface area contributed by atoms with Gasteiger partial charge in [0, 0.05) is 18.2 Å². The van der Waals surface area contributed by atoms with E-state index in [1.807, 2.05) is 60.7 Å². The molecule has 1 aliphatic rings. The van der Waals surface area contributed by atoms with Gasteiger partial charge in [-0.15, -0.1) is 0 Å². The smallest absolute Gasteiger partial charge is 0.303 e. The number of aryl methyl sites for hydroxylation is 1. The van der Waals surface area contributed by atoms with Crippen molar-refractivity contribution in [2.45, 2.75) is 18.9 Å². The molecular weight excluding hydrogens is 384 g/mol. The summed E-state index contributed by atoms with van der Waals surface area (Å²) in [6.07, 6.45) is 3.51. The van der Waals surface area contributed by atoms with E-state index in [0.29, 0.717) is 23.7 Å². The molecule has 1 unspecified atom stereocenters. The lowest BCUT2D eigenvalue weighted by Crippen LogP contribution is -2.12. The van der Waals surface area contributed by atoms with E-state index in [4.69, 9.17) is 19.4 Å². The van der Waals surface area contributed by atoms with E-state index < -0.39 is 5.97 Å². The van der Waals surface area contributed by atoms with Gasteiger partial charge in [0.25, 0.3) is 0 Å². The van der Waals surface area contributed by atoms with Crippen LogP contribution in [-0.4, -0.2) is 16.1 Å². The molecule has 1 atom stereocenters. The first-order chi connectivity index (χ1) is 14.7. The van der Waals surface area contributed by atoms with Crippen molar-refractivity contribution >= 4 is 5.97 Å². The zero-order valence-corrected chi connectivity index (χ0v) is 16.0. The van der Waals surface area contributed by atoms with E-state index in [9.17, 15) is 4.79 Å². The fourth-order valence-corrected chi connectivity index (χ4v) is 2.88. The van der Waals surface area contributed by atoms with Gasteiger partial charge in [0.05, 0.1) is 12.6 Å². The van der Waals surface area contributed by atoms with E-state index in [0.717, 1.165) is 17.1 Å². The van der Waals surface area contributed by atoms with Gasteiger partial charge in [0.15, 0.2) is 0 Å². The topological polar surface area (TPSA) is 89.9 Å². The van der Waals surface area contributed by atoms with Crippen LogP contribution in [0, 0.1) is 0 Å². The third kappa shape index (κ3) is 5.15. The first-order valence-corrected chi connectivity index (χ1v) is 9.47. The molecule has 0 bridgehead atoms. The van der Waals surface area contributed by atoms with Crippen LogP contribution in [0.15, 0.2) is 84.9 Å². The summed E-state index contributed by atoms with van der Waals surface area (Å²) in [5, 5.41) is 8.73. The average Bonchev–Trinajstić information content (AvgIpc) is 3.23. The number of para-hydroxylation sites is 1. The maximum absolute atomic E-state index is 10.6. The van der Waals surface area contributed by atoms with Crippen molar-refractivity contribution in [2.75, 3.05) is 0 Å². The van der Waals surface area contributed by atoms with Crippen LogP contribution in [-0.2, 0) is 16.1 Å². The predicted octanol–water partition coefficient (Wildman–Crippen LogP) is 4.39. The Labute approximate surface area is 173 Å². The molecule has 0 aliphatic carbocycles. The van der Waals surface area contributed by atoms with Gasteiger partial charge in [0.2, 0.25) is 5.88 Å². The van der Waals surface area contributed by atoms with Gasteiger partial charge >= 0.3 is 5.97 Å². The lowest BCUT2D eigenvalue weighted by molar-refractivity contribution is -0.136. The number of carbonyl (C=O) groups is 1. The number of benzene rings is 2. The molecule has 0 saturated heterocycles. The van der Waals surface area contributed by atoms with Gasteiger partial charge in [-0.05, 0) is 42.0 Å². The van der Waals surface area contributed by atoms with Crippen molar-refractivity contribution in [3.8, 4) is 17.2 Å². The molecule has 1 aliphatic heterocycles. The number of nitrogens with zero attached hydrogens (tertiary/aromatic N) is 1. The number of carboxylic acids is 1. The van der Waals surface area contributed by atoms with Crippen molar-refractivity contribution < 1.29 is 24.2 Å². The largest absolute Gasteiger partial charge is 0.481 e. The Balaban J connectivity index is 1.34. The summed E-state index contributed by atoms with van der Waals surface area (Å²) in [6, 6.07) is 20.7. The molecule has 0 radical (unpaired) electrons. The van der Waals surface area contributed by atoms with Crippen molar-refractivity contribution in [1.29, 1.82) is 0 Å². The number of ether oxygens (including phenoxy) is 2. The molecule has 2 N–H and O–H groups in total. The molecule has 152 valence electrons. The zero-order valence-electron chi connectivity index (χ0n) is 16.0. The summed E-state index contributed by atoms with van der Waals surface area (Å²) in [4.78, 5) is 20.4. The highest BCUT2D eigenvalue weighted by Crippen LogP contribution is 2.28. The fraction of sp³-hybridized carbons (Fsp3) is 0.130. The molecular formula is C23H20N2O5. The second kappa shape index (κ2) is 9.11. The number of hydrogen-bond donors (Lipinski definition) is 2. The maximum Gasteiger partial charge on any atom is 0.303 e. The minimum atomic E-state index is -0.847. The standard InChI is InChI=1S/C23H20N2O5/c26-23(27)13-9-17-8-12-20(15-24-17)29-22-14-21(30-25-22)16-6-10-19(11-7-16)28-18-4-2-1-3-5-18/h1-8,10-12,14-15,21,25H,9,13H2,(H,26,27). The van der Waals surface area contributed by atoms with Gasteiger partial charge in [-0.25, -0.2) is 5.48 Å². The molecule has 4 rings (SSSR count). The van der Waals surface area contributed by atoms with Gasteiger partial charge in [-0.2, -0.15) is 0 Å². The van der Waals surface area contributed by atoms with Crippen molar-refractivity contribution in [3.63, 3.8) is 0 Å². The SMILES string of the molecule is O=C(O)CCc1ccc(OC2=CC(c3ccc(Oc4ccccc4)cc3)ON2)cn1. The number of pyridine rings is 1. The van der Waals surface area contributed by atoms with Gasteiger partial charge in [-0.3, -0.25) is 14.6 Å². The number of hydrogen-bond acceptors (Lipinski definition) is 6. The minimum absolute atomic E-state index is 0.0462. The lowest BCUT2D eigenvalue weighted by Gasteiger charge is -2.09. The van der Waals surface area contributed by atoms with Crippen LogP contribution in [0.5, 0.6) is 17.2 Å². The molecule has 2 heterocycles. The highest BCUT2D eigenvalue weighted by Gasteiger charge is 2.20. The van der Waals surface area contributed by atoms with Crippen molar-refractivity contribution in [1.82, 2.24) is 10.5 Å². The summed E-state index contributed by atoms with van der Waals surface area (Å²) in [7, 11) is 0. The summed E-state index contributed by atoms with van der Waals surface area (Å²) >= 11 is 0. The highest BCUT2D eigenvalue weighted by atomic mass is 16.7. The Morgan fingerprint density at radius 1 is 0.967 bits per heavy atom. The van der Waals surface area contributed by atoms with Crippen LogP contribution < -0.4 is 15.0 Å². The molecule has 0 spiro atoms. The number of rotatable bonds is 8. The Kier molecular flexibility index (Phi) is 5.91. The van der Waals surface area contributed by atoms with Crippen LogP contribution in [0.4, 0.5) is 0 Å². The van der Waals surface area contributed by atoms with E-state index in [-0.39, 0.29) is 12.5 Å². The van der Waals surface area contributed by atoms with E-state index in [2.05, 4.69) is 10.5 Å². The number of aliphatic carboxylic acids is 1. The summed E-state index contributed by atoms with van der Waals surface area (Å²) in [5.41, 5.74) is 4.41. The molecule has 0 fully saturated rings. The fourth-order valence-electron chi connectivity index (χ4n) is 2.88. The first kappa shape index (κ1) is 19.5. The van der Waals surface area contributed by atoms with Crippen LogP contribution in [0.1, 0.15) is 23.8 Å². The van der Waals surface area contributed by atoms with Gasteiger partial charge < -0.3 is 14.6 Å². The normalized spacial score (nSPS) is 15.2. The molecule has 0 amide bonds. The van der Waals surface area contributed by atoms with Crippen LogP contribution in [0.2, 0.25) is 0 Å². The Hall–Kier alpha value is -3.84. The zero-order chi connectivity index (χ0) is 20.8. The van der Waals surface area contributed by atoms with Crippen LogP contribution >= 0.6 is 0 Å². The first-order valence-electron chi connectivity index (χ1n) is 9.47. The molecule has 7 heteroatoms. The Morgan fingerprint density at radius 3 is 2.40 bits per heavy atom. The van der Waals surface area contributed by atoms with E-state index >= 15 is 0 Å². The maximum atomic E-state index is 10.6.